The Morgan fingerprint density at radius 1 is 1.28 bits per heavy atom. The summed E-state index contributed by atoms with van der Waals surface area (Å²) in [6.45, 7) is 0.741. The summed E-state index contributed by atoms with van der Waals surface area (Å²) in [6, 6.07) is 9.19. The Labute approximate surface area is 126 Å². The first-order valence-electron chi connectivity index (χ1n) is 5.13. The van der Waals surface area contributed by atoms with Crippen molar-refractivity contribution in [2.24, 2.45) is 5.73 Å². The van der Waals surface area contributed by atoms with Crippen molar-refractivity contribution in [2.75, 3.05) is 5.32 Å². The summed E-state index contributed by atoms with van der Waals surface area (Å²) in [7, 11) is 0. The van der Waals surface area contributed by atoms with Crippen molar-refractivity contribution in [1.29, 1.82) is 0 Å². The second-order valence-corrected chi connectivity index (χ2v) is 6.94. The molecule has 0 spiro atoms. The molecular weight excluding hydrogens is 380 g/mol. The van der Waals surface area contributed by atoms with Gasteiger partial charge in [-0.2, -0.15) is 0 Å². The van der Waals surface area contributed by atoms with Gasteiger partial charge in [0.1, 0.15) is 0 Å². The van der Waals surface area contributed by atoms with Crippen LogP contribution in [-0.2, 0) is 6.54 Å². The Balaban J connectivity index is 2.00. The maximum absolute atomic E-state index is 10.9. The van der Waals surface area contributed by atoms with Crippen LogP contribution in [0.1, 0.15) is 15.2 Å². The third-order valence-electron chi connectivity index (χ3n) is 2.33. The predicted octanol–water partition coefficient (Wildman–Crippen LogP) is 3.98. The highest BCUT2D eigenvalue weighted by Gasteiger charge is 2.04. The maximum atomic E-state index is 10.9. The van der Waals surface area contributed by atoms with Gasteiger partial charge in [0, 0.05) is 27.1 Å². The van der Waals surface area contributed by atoms with Crippen molar-refractivity contribution in [1.82, 2.24) is 0 Å². The fraction of sp³-hybridized carbons (Fsp3) is 0.0833. The molecule has 0 saturated carbocycles. The van der Waals surface area contributed by atoms with E-state index in [1.807, 2.05) is 12.1 Å². The van der Waals surface area contributed by atoms with Crippen molar-refractivity contribution in [3.63, 3.8) is 0 Å². The second kappa shape index (κ2) is 5.86. The van der Waals surface area contributed by atoms with E-state index >= 15 is 0 Å². The van der Waals surface area contributed by atoms with Crippen LogP contribution in [0.5, 0.6) is 0 Å². The van der Waals surface area contributed by atoms with Gasteiger partial charge in [0.15, 0.2) is 0 Å². The van der Waals surface area contributed by atoms with Gasteiger partial charge in [-0.05, 0) is 62.2 Å². The number of carbonyl (C=O) groups is 1. The van der Waals surface area contributed by atoms with Crippen LogP contribution in [0.2, 0.25) is 0 Å². The molecule has 6 heteroatoms. The molecule has 1 aromatic heterocycles. The summed E-state index contributed by atoms with van der Waals surface area (Å²) in [5.74, 6) is -0.410. The van der Waals surface area contributed by atoms with Gasteiger partial charge in [-0.1, -0.05) is 0 Å². The molecule has 94 valence electrons. The number of rotatable bonds is 4. The lowest BCUT2D eigenvalue weighted by molar-refractivity contribution is 0.100. The average molecular weight is 390 g/mol. The van der Waals surface area contributed by atoms with Crippen molar-refractivity contribution in [3.05, 3.63) is 49.0 Å². The van der Waals surface area contributed by atoms with Gasteiger partial charge in [-0.15, -0.1) is 11.3 Å². The number of thiophene rings is 1. The molecule has 0 atom stereocenters. The normalized spacial score (nSPS) is 10.3. The van der Waals surface area contributed by atoms with E-state index in [9.17, 15) is 4.79 Å². The predicted molar refractivity (Wildman–Crippen MR) is 82.0 cm³/mol. The lowest BCUT2D eigenvalue weighted by Gasteiger charge is -2.05. The zero-order valence-corrected chi connectivity index (χ0v) is 13.2. The standard InChI is InChI=1S/C12H10Br2N2OS/c13-10-5-9(18-11(10)14)6-16-8-3-1-7(2-4-8)12(15)17/h1-5,16H,6H2,(H2,15,17). The van der Waals surface area contributed by atoms with Crippen LogP contribution in [0.3, 0.4) is 0 Å². The molecule has 2 rings (SSSR count). The van der Waals surface area contributed by atoms with Crippen LogP contribution in [0, 0.1) is 0 Å². The van der Waals surface area contributed by atoms with Crippen LogP contribution in [0.15, 0.2) is 38.6 Å². The number of halogens is 2. The van der Waals surface area contributed by atoms with Crippen molar-refractivity contribution in [3.8, 4) is 0 Å². The summed E-state index contributed by atoms with van der Waals surface area (Å²) in [6.07, 6.45) is 0. The fourth-order valence-corrected chi connectivity index (χ4v) is 3.54. The molecule has 0 aliphatic heterocycles. The number of nitrogens with two attached hydrogens (primary N) is 1. The van der Waals surface area contributed by atoms with Crippen LogP contribution < -0.4 is 11.1 Å². The van der Waals surface area contributed by atoms with E-state index in [4.69, 9.17) is 5.73 Å². The first-order valence-corrected chi connectivity index (χ1v) is 7.54. The quantitative estimate of drug-likeness (QED) is 0.830. The van der Waals surface area contributed by atoms with Gasteiger partial charge >= 0.3 is 0 Å². The van der Waals surface area contributed by atoms with E-state index in [1.165, 1.54) is 4.88 Å². The summed E-state index contributed by atoms with van der Waals surface area (Å²) in [4.78, 5) is 12.1. The summed E-state index contributed by atoms with van der Waals surface area (Å²) in [5, 5.41) is 3.28. The van der Waals surface area contributed by atoms with E-state index in [0.717, 1.165) is 20.5 Å². The second-order valence-electron chi connectivity index (χ2n) is 3.63. The van der Waals surface area contributed by atoms with Crippen LogP contribution in [-0.4, -0.2) is 5.91 Å². The van der Waals surface area contributed by atoms with Gasteiger partial charge in [-0.3, -0.25) is 4.79 Å². The molecule has 0 saturated heterocycles. The lowest BCUT2D eigenvalue weighted by Crippen LogP contribution is -2.10. The van der Waals surface area contributed by atoms with E-state index in [1.54, 1.807) is 23.5 Å². The average Bonchev–Trinajstić information content (AvgIpc) is 2.67. The monoisotopic (exact) mass is 388 g/mol. The minimum atomic E-state index is -0.410. The van der Waals surface area contributed by atoms with Gasteiger partial charge in [0.05, 0.1) is 3.79 Å². The first kappa shape index (κ1) is 13.6. The fourth-order valence-electron chi connectivity index (χ4n) is 1.42. The Hall–Kier alpha value is -0.850. The Morgan fingerprint density at radius 2 is 1.94 bits per heavy atom. The molecule has 0 aliphatic rings. The van der Waals surface area contributed by atoms with E-state index < -0.39 is 5.91 Å². The molecule has 0 aliphatic carbocycles. The smallest absolute Gasteiger partial charge is 0.248 e. The number of primary amides is 1. The van der Waals surface area contributed by atoms with E-state index in [-0.39, 0.29) is 0 Å². The molecule has 3 nitrogen and oxygen atoms in total. The van der Waals surface area contributed by atoms with Crippen molar-refractivity contribution in [2.45, 2.75) is 6.54 Å². The Morgan fingerprint density at radius 3 is 2.44 bits per heavy atom. The highest BCUT2D eigenvalue weighted by Crippen LogP contribution is 2.32. The highest BCUT2D eigenvalue weighted by atomic mass is 79.9. The molecule has 1 aromatic carbocycles. The molecule has 1 heterocycles. The molecule has 18 heavy (non-hydrogen) atoms. The third-order valence-corrected chi connectivity index (χ3v) is 5.59. The van der Waals surface area contributed by atoms with Crippen LogP contribution in [0.4, 0.5) is 5.69 Å². The number of amides is 1. The zero-order chi connectivity index (χ0) is 13.1. The summed E-state index contributed by atoms with van der Waals surface area (Å²) >= 11 is 8.59. The molecular formula is C12H10Br2N2OS. The maximum Gasteiger partial charge on any atom is 0.248 e. The Kier molecular flexibility index (Phi) is 4.42. The van der Waals surface area contributed by atoms with Gasteiger partial charge < -0.3 is 11.1 Å². The van der Waals surface area contributed by atoms with Gasteiger partial charge in [0.2, 0.25) is 5.91 Å². The molecule has 1 amide bonds. The topological polar surface area (TPSA) is 55.1 Å². The number of benzene rings is 1. The zero-order valence-electron chi connectivity index (χ0n) is 9.24. The van der Waals surface area contributed by atoms with Crippen molar-refractivity contribution < 1.29 is 4.79 Å². The number of nitrogens with one attached hydrogen (secondary N) is 1. The molecule has 0 unspecified atom stereocenters. The third kappa shape index (κ3) is 3.34. The first-order chi connectivity index (χ1) is 8.56. The van der Waals surface area contributed by atoms with Crippen LogP contribution in [0.25, 0.3) is 0 Å². The van der Waals surface area contributed by atoms with Crippen molar-refractivity contribution >= 4 is 54.8 Å². The summed E-state index contributed by atoms with van der Waals surface area (Å²) < 4.78 is 2.15. The van der Waals surface area contributed by atoms with Gasteiger partial charge in [-0.25, -0.2) is 0 Å². The molecule has 0 fully saturated rings. The SMILES string of the molecule is NC(=O)c1ccc(NCc2cc(Br)c(Br)s2)cc1. The number of anilines is 1. The van der Waals surface area contributed by atoms with Crippen LogP contribution >= 0.6 is 43.2 Å². The lowest BCUT2D eigenvalue weighted by atomic mass is 10.2. The Bertz CT molecular complexity index is 546. The highest BCUT2D eigenvalue weighted by molar-refractivity contribution is 9.13. The van der Waals surface area contributed by atoms with Gasteiger partial charge in [0.25, 0.3) is 0 Å². The number of hydrogen-bond donors (Lipinski definition) is 2. The minimum Gasteiger partial charge on any atom is -0.380 e. The van der Waals surface area contributed by atoms with E-state index in [0.29, 0.717) is 5.56 Å². The minimum absolute atomic E-state index is 0.410. The molecule has 2 aromatic rings. The molecule has 0 radical (unpaired) electrons. The molecule has 0 bridgehead atoms. The number of hydrogen-bond acceptors (Lipinski definition) is 3. The molecule has 3 N–H and O–H groups in total. The number of carbonyl (C=O) groups excluding carboxylic acids is 1. The summed E-state index contributed by atoms with van der Waals surface area (Å²) in [5.41, 5.74) is 6.65. The largest absolute Gasteiger partial charge is 0.380 e. The van der Waals surface area contributed by atoms with E-state index in [2.05, 4.69) is 43.2 Å².